The van der Waals surface area contributed by atoms with Crippen molar-refractivity contribution < 1.29 is 13.6 Å². The monoisotopic (exact) mass is 197 g/mol. The molecule has 0 fully saturated rings. The SMILES string of the molecule is O=C1Cc2ccc(F)cc2N1CCF. The van der Waals surface area contributed by atoms with Gasteiger partial charge in [-0.15, -0.1) is 0 Å². The molecule has 0 aromatic heterocycles. The number of hydrogen-bond acceptors (Lipinski definition) is 1. The molecule has 1 aliphatic heterocycles. The minimum absolute atomic E-state index is 0.00921. The molecule has 0 saturated heterocycles. The molecule has 2 nitrogen and oxygen atoms in total. The number of hydrogen-bond donors (Lipinski definition) is 0. The zero-order valence-electron chi connectivity index (χ0n) is 7.46. The van der Waals surface area contributed by atoms with Crippen molar-refractivity contribution in [2.24, 2.45) is 0 Å². The summed E-state index contributed by atoms with van der Waals surface area (Å²) in [5.41, 5.74) is 1.28. The molecular formula is C10H9F2NO. The van der Waals surface area contributed by atoms with Crippen molar-refractivity contribution >= 4 is 11.6 Å². The van der Waals surface area contributed by atoms with Gasteiger partial charge in [0.2, 0.25) is 5.91 Å². The van der Waals surface area contributed by atoms with Gasteiger partial charge in [-0.25, -0.2) is 8.78 Å². The van der Waals surface area contributed by atoms with Gasteiger partial charge in [-0.3, -0.25) is 4.79 Å². The normalized spacial score (nSPS) is 14.7. The van der Waals surface area contributed by atoms with Crippen molar-refractivity contribution in [1.82, 2.24) is 0 Å². The molecule has 1 aromatic rings. The van der Waals surface area contributed by atoms with Crippen LogP contribution in [0.5, 0.6) is 0 Å². The Bertz CT molecular complexity index is 378. The summed E-state index contributed by atoms with van der Waals surface area (Å²) < 4.78 is 25.0. The Balaban J connectivity index is 2.39. The fraction of sp³-hybridized carbons (Fsp3) is 0.300. The number of carbonyl (C=O) groups excluding carboxylic acids is 1. The maximum Gasteiger partial charge on any atom is 0.231 e. The van der Waals surface area contributed by atoms with Crippen LogP contribution in [0.3, 0.4) is 0 Å². The predicted molar refractivity (Wildman–Crippen MR) is 48.4 cm³/mol. The fourth-order valence-electron chi connectivity index (χ4n) is 1.66. The maximum absolute atomic E-state index is 12.9. The Kier molecular flexibility index (Phi) is 2.19. The Morgan fingerprint density at radius 3 is 2.93 bits per heavy atom. The summed E-state index contributed by atoms with van der Waals surface area (Å²) in [4.78, 5) is 12.7. The van der Waals surface area contributed by atoms with E-state index < -0.39 is 12.5 Å². The van der Waals surface area contributed by atoms with E-state index >= 15 is 0 Å². The summed E-state index contributed by atoms with van der Waals surface area (Å²) in [5, 5.41) is 0. The van der Waals surface area contributed by atoms with E-state index in [1.807, 2.05) is 0 Å². The van der Waals surface area contributed by atoms with Gasteiger partial charge in [0.15, 0.2) is 0 Å². The second-order valence-corrected chi connectivity index (χ2v) is 3.18. The zero-order valence-corrected chi connectivity index (χ0v) is 7.46. The van der Waals surface area contributed by atoms with Crippen LogP contribution < -0.4 is 4.90 Å². The molecule has 0 aliphatic carbocycles. The van der Waals surface area contributed by atoms with Crippen LogP contribution in [-0.4, -0.2) is 19.1 Å². The lowest BCUT2D eigenvalue weighted by molar-refractivity contribution is -0.117. The molecule has 0 N–H and O–H groups in total. The largest absolute Gasteiger partial charge is 0.309 e. The maximum atomic E-state index is 12.9. The van der Waals surface area contributed by atoms with Crippen LogP contribution in [0.4, 0.5) is 14.5 Å². The summed E-state index contributed by atoms with van der Waals surface area (Å²) in [7, 11) is 0. The van der Waals surface area contributed by atoms with E-state index in [1.165, 1.54) is 17.0 Å². The van der Waals surface area contributed by atoms with E-state index in [4.69, 9.17) is 0 Å². The van der Waals surface area contributed by atoms with E-state index in [9.17, 15) is 13.6 Å². The minimum Gasteiger partial charge on any atom is -0.309 e. The first-order valence-electron chi connectivity index (χ1n) is 4.37. The van der Waals surface area contributed by atoms with Gasteiger partial charge < -0.3 is 4.90 Å². The molecule has 14 heavy (non-hydrogen) atoms. The van der Waals surface area contributed by atoms with Crippen molar-refractivity contribution in [1.29, 1.82) is 0 Å². The first-order valence-corrected chi connectivity index (χ1v) is 4.37. The number of nitrogens with zero attached hydrogens (tertiary/aromatic N) is 1. The van der Waals surface area contributed by atoms with Gasteiger partial charge in [0.05, 0.1) is 18.7 Å². The lowest BCUT2D eigenvalue weighted by Gasteiger charge is -2.14. The van der Waals surface area contributed by atoms with E-state index in [-0.39, 0.29) is 18.9 Å². The van der Waals surface area contributed by atoms with Gasteiger partial charge in [0.25, 0.3) is 0 Å². The van der Waals surface area contributed by atoms with Crippen molar-refractivity contribution in [2.75, 3.05) is 18.1 Å². The molecule has 0 saturated carbocycles. The molecule has 0 unspecified atom stereocenters. The quantitative estimate of drug-likeness (QED) is 0.706. The Labute approximate surface area is 80.1 Å². The van der Waals surface area contributed by atoms with Crippen LogP contribution in [0, 0.1) is 5.82 Å². The van der Waals surface area contributed by atoms with Gasteiger partial charge in [-0.1, -0.05) is 6.07 Å². The van der Waals surface area contributed by atoms with Crippen LogP contribution in [0.15, 0.2) is 18.2 Å². The molecule has 1 aliphatic rings. The van der Waals surface area contributed by atoms with Gasteiger partial charge in [0.1, 0.15) is 12.5 Å². The van der Waals surface area contributed by atoms with Crippen LogP contribution in [0.1, 0.15) is 5.56 Å². The highest BCUT2D eigenvalue weighted by molar-refractivity contribution is 6.01. The van der Waals surface area contributed by atoms with E-state index in [0.717, 1.165) is 5.56 Å². The number of anilines is 1. The van der Waals surface area contributed by atoms with Crippen LogP contribution >= 0.6 is 0 Å². The molecule has 4 heteroatoms. The lowest BCUT2D eigenvalue weighted by Crippen LogP contribution is -2.28. The zero-order chi connectivity index (χ0) is 10.1. The number of rotatable bonds is 2. The molecule has 0 radical (unpaired) electrons. The summed E-state index contributed by atoms with van der Waals surface area (Å²) in [5.74, 6) is -0.564. The van der Waals surface area contributed by atoms with Crippen molar-refractivity contribution in [3.8, 4) is 0 Å². The minimum atomic E-state index is -0.609. The Hall–Kier alpha value is -1.45. The van der Waals surface area contributed by atoms with Crippen molar-refractivity contribution in [3.05, 3.63) is 29.6 Å². The number of halogens is 2. The highest BCUT2D eigenvalue weighted by atomic mass is 19.1. The summed E-state index contributed by atoms with van der Waals surface area (Å²) in [6.07, 6.45) is 0.246. The highest BCUT2D eigenvalue weighted by Gasteiger charge is 2.26. The molecular weight excluding hydrogens is 188 g/mol. The molecule has 1 aromatic carbocycles. The third-order valence-electron chi connectivity index (χ3n) is 2.29. The molecule has 1 amide bonds. The molecule has 74 valence electrons. The number of benzene rings is 1. The predicted octanol–water partition coefficient (Wildman–Crippen LogP) is 1.68. The van der Waals surface area contributed by atoms with Gasteiger partial charge >= 0.3 is 0 Å². The smallest absolute Gasteiger partial charge is 0.231 e. The fourth-order valence-corrected chi connectivity index (χ4v) is 1.66. The number of fused-ring (bicyclic) bond motifs is 1. The highest BCUT2D eigenvalue weighted by Crippen LogP contribution is 2.29. The van der Waals surface area contributed by atoms with Gasteiger partial charge in [0, 0.05) is 0 Å². The topological polar surface area (TPSA) is 20.3 Å². The first-order chi connectivity index (χ1) is 6.72. The first kappa shape index (κ1) is 9.12. The molecule has 0 spiro atoms. The Morgan fingerprint density at radius 2 is 2.21 bits per heavy atom. The van der Waals surface area contributed by atoms with Gasteiger partial charge in [-0.05, 0) is 17.7 Å². The number of carbonyl (C=O) groups is 1. The van der Waals surface area contributed by atoms with Gasteiger partial charge in [-0.2, -0.15) is 0 Å². The third-order valence-corrected chi connectivity index (χ3v) is 2.29. The summed E-state index contributed by atoms with van der Waals surface area (Å²) in [6.45, 7) is -0.600. The Morgan fingerprint density at radius 1 is 1.43 bits per heavy atom. The average molecular weight is 197 g/mol. The summed E-state index contributed by atoms with van der Waals surface area (Å²) in [6, 6.07) is 4.15. The third kappa shape index (κ3) is 1.36. The molecule has 0 bridgehead atoms. The van der Waals surface area contributed by atoms with E-state index in [1.54, 1.807) is 6.07 Å². The molecule has 2 rings (SSSR count). The van der Waals surface area contributed by atoms with E-state index in [2.05, 4.69) is 0 Å². The average Bonchev–Trinajstić information content (AvgIpc) is 2.45. The van der Waals surface area contributed by atoms with E-state index in [0.29, 0.717) is 5.69 Å². The molecule has 0 atom stereocenters. The summed E-state index contributed by atoms with van der Waals surface area (Å²) >= 11 is 0. The van der Waals surface area contributed by atoms with Crippen LogP contribution in [0.2, 0.25) is 0 Å². The number of alkyl halides is 1. The standard InChI is InChI=1S/C10H9F2NO/c11-3-4-13-9-6-8(12)2-1-7(9)5-10(13)14/h1-2,6H,3-5H2. The van der Waals surface area contributed by atoms with Crippen molar-refractivity contribution in [3.63, 3.8) is 0 Å². The van der Waals surface area contributed by atoms with Crippen LogP contribution in [0.25, 0.3) is 0 Å². The van der Waals surface area contributed by atoms with Crippen molar-refractivity contribution in [2.45, 2.75) is 6.42 Å². The van der Waals surface area contributed by atoms with Crippen LogP contribution in [-0.2, 0) is 11.2 Å². The second-order valence-electron chi connectivity index (χ2n) is 3.18. The second kappa shape index (κ2) is 3.36. The lowest BCUT2D eigenvalue weighted by atomic mass is 10.2. The number of amides is 1. The molecule has 1 heterocycles.